The Kier molecular flexibility index (Phi) is 3.83. The monoisotopic (exact) mass is 298 g/mol. The summed E-state index contributed by atoms with van der Waals surface area (Å²) in [5.74, 6) is 0. The predicted molar refractivity (Wildman–Crippen MR) is 74.4 cm³/mol. The van der Waals surface area contributed by atoms with Gasteiger partial charge in [0.15, 0.2) is 0 Å². The predicted octanol–water partition coefficient (Wildman–Crippen LogP) is 1.06. The quantitative estimate of drug-likeness (QED) is 0.824. The van der Waals surface area contributed by atoms with E-state index < -0.39 is 10.0 Å². The van der Waals surface area contributed by atoms with E-state index in [1.165, 1.54) is 30.9 Å². The Hall–Kier alpha value is -1.51. The number of rotatable bonds is 4. The van der Waals surface area contributed by atoms with Gasteiger partial charge in [-0.05, 0) is 25.2 Å². The Labute approximate surface area is 116 Å². The molecule has 8 heteroatoms. The Morgan fingerprint density at radius 3 is 2.68 bits per heavy atom. The minimum Gasteiger partial charge on any atom is -0.398 e. The van der Waals surface area contributed by atoms with Gasteiger partial charge < -0.3 is 5.73 Å². The molecule has 0 amide bonds. The number of nitrogens with one attached hydrogen (secondary N) is 1. The van der Waals surface area contributed by atoms with Crippen molar-refractivity contribution in [3.63, 3.8) is 0 Å². The third kappa shape index (κ3) is 3.09. The maximum Gasteiger partial charge on any atom is 0.240 e. The zero-order chi connectivity index (χ0) is 14.0. The van der Waals surface area contributed by atoms with Crippen molar-refractivity contribution in [2.75, 3.05) is 12.8 Å². The van der Waals surface area contributed by atoms with Crippen LogP contribution in [-0.4, -0.2) is 25.2 Å². The van der Waals surface area contributed by atoms with Crippen molar-refractivity contribution >= 4 is 27.5 Å². The molecule has 0 atom stereocenters. The molecule has 1 aromatic heterocycles. The number of nitrogens with zero attached hydrogens (tertiary/aromatic N) is 2. The van der Waals surface area contributed by atoms with Crippen LogP contribution in [0, 0.1) is 0 Å². The fourth-order valence-corrected chi connectivity index (χ4v) is 3.12. The van der Waals surface area contributed by atoms with Gasteiger partial charge >= 0.3 is 0 Å². The highest BCUT2D eigenvalue weighted by atomic mass is 32.2. The maximum atomic E-state index is 11.6. The summed E-state index contributed by atoms with van der Waals surface area (Å²) in [6, 6.07) is 4.67. The molecule has 0 saturated carbocycles. The molecule has 1 heterocycles. The van der Waals surface area contributed by atoms with Crippen LogP contribution in [0.4, 0.5) is 5.69 Å². The van der Waals surface area contributed by atoms with Crippen LogP contribution in [0.5, 0.6) is 0 Å². The summed E-state index contributed by atoms with van der Waals surface area (Å²) < 4.78 is 27.2. The van der Waals surface area contributed by atoms with Gasteiger partial charge in [-0.15, -0.1) is 0 Å². The molecule has 102 valence electrons. The Bertz CT molecular complexity index is 694. The van der Waals surface area contributed by atoms with Gasteiger partial charge in [0.25, 0.3) is 0 Å². The van der Waals surface area contributed by atoms with Gasteiger partial charge in [0.05, 0.1) is 16.0 Å². The van der Waals surface area contributed by atoms with Crippen LogP contribution < -0.4 is 10.5 Å². The lowest BCUT2D eigenvalue weighted by Gasteiger charge is -2.07. The first-order chi connectivity index (χ1) is 8.92. The molecule has 19 heavy (non-hydrogen) atoms. The van der Waals surface area contributed by atoms with E-state index in [9.17, 15) is 8.42 Å². The summed E-state index contributed by atoms with van der Waals surface area (Å²) >= 11 is 1.44. The van der Waals surface area contributed by atoms with Crippen LogP contribution in [0.15, 0.2) is 45.3 Å². The fourth-order valence-electron chi connectivity index (χ4n) is 1.48. The van der Waals surface area contributed by atoms with E-state index in [4.69, 9.17) is 5.73 Å². The van der Waals surface area contributed by atoms with E-state index in [1.807, 2.05) is 13.2 Å². The molecule has 0 unspecified atom stereocenters. The molecule has 2 aromatic rings. The van der Waals surface area contributed by atoms with E-state index >= 15 is 0 Å². The highest BCUT2D eigenvalue weighted by molar-refractivity contribution is 7.99. The van der Waals surface area contributed by atoms with Crippen LogP contribution in [0.2, 0.25) is 0 Å². The molecule has 0 spiro atoms. The van der Waals surface area contributed by atoms with Crippen molar-refractivity contribution in [3.05, 3.63) is 30.6 Å². The second-order valence-electron chi connectivity index (χ2n) is 3.86. The number of sulfonamides is 1. The Balaban J connectivity index is 2.30. The van der Waals surface area contributed by atoms with Gasteiger partial charge in [0.2, 0.25) is 10.0 Å². The lowest BCUT2D eigenvalue weighted by molar-refractivity contribution is 0.588. The zero-order valence-electron chi connectivity index (χ0n) is 10.5. The number of aryl methyl sites for hydroxylation is 1. The Morgan fingerprint density at radius 2 is 2.16 bits per heavy atom. The van der Waals surface area contributed by atoms with Gasteiger partial charge in [0.1, 0.15) is 0 Å². The Morgan fingerprint density at radius 1 is 1.42 bits per heavy atom. The average Bonchev–Trinajstić information content (AvgIpc) is 2.77. The molecular weight excluding hydrogens is 284 g/mol. The maximum absolute atomic E-state index is 11.6. The van der Waals surface area contributed by atoms with Crippen molar-refractivity contribution in [1.29, 1.82) is 0 Å². The molecule has 3 N–H and O–H groups in total. The summed E-state index contributed by atoms with van der Waals surface area (Å²) in [7, 11) is -0.268. The molecule has 0 radical (unpaired) electrons. The van der Waals surface area contributed by atoms with Crippen molar-refractivity contribution in [1.82, 2.24) is 14.5 Å². The lowest BCUT2D eigenvalue weighted by atomic mass is 10.3. The molecular formula is C11H14N4O2S2. The molecule has 6 nitrogen and oxygen atoms in total. The van der Waals surface area contributed by atoms with Crippen molar-refractivity contribution in [2.45, 2.75) is 14.7 Å². The number of hydrogen-bond acceptors (Lipinski definition) is 5. The highest BCUT2D eigenvalue weighted by Gasteiger charge is 2.13. The standard InChI is InChI=1S/C11H14N4O2S2/c1-13-19(16,17)9-3-4-11(10(12)5-9)18-8-6-14-15(2)7-8/h3-7,13H,12H2,1-2H3. The SMILES string of the molecule is CNS(=O)(=O)c1ccc(Sc2cnn(C)c2)c(N)c1. The van der Waals surface area contributed by atoms with E-state index in [1.54, 1.807) is 16.9 Å². The van der Waals surface area contributed by atoms with Crippen LogP contribution in [0.3, 0.4) is 0 Å². The van der Waals surface area contributed by atoms with Crippen LogP contribution in [0.1, 0.15) is 0 Å². The minimum atomic E-state index is -3.46. The van der Waals surface area contributed by atoms with E-state index in [0.717, 1.165) is 9.79 Å². The van der Waals surface area contributed by atoms with Gasteiger partial charge in [-0.2, -0.15) is 5.10 Å². The molecule has 0 saturated heterocycles. The molecule has 0 aliphatic carbocycles. The number of aromatic nitrogens is 2. The third-order valence-corrected chi connectivity index (χ3v) is 4.92. The molecule has 0 aliphatic rings. The summed E-state index contributed by atoms with van der Waals surface area (Å²) in [4.78, 5) is 1.89. The smallest absolute Gasteiger partial charge is 0.240 e. The topological polar surface area (TPSA) is 90.0 Å². The van der Waals surface area contributed by atoms with Crippen LogP contribution in [-0.2, 0) is 17.1 Å². The van der Waals surface area contributed by atoms with Gasteiger partial charge in [0, 0.05) is 23.8 Å². The van der Waals surface area contributed by atoms with E-state index in [0.29, 0.717) is 5.69 Å². The first-order valence-corrected chi connectivity index (χ1v) is 7.72. The number of anilines is 1. The van der Waals surface area contributed by atoms with Crippen molar-refractivity contribution in [3.8, 4) is 0 Å². The second kappa shape index (κ2) is 5.24. The van der Waals surface area contributed by atoms with Crippen LogP contribution >= 0.6 is 11.8 Å². The molecule has 1 aromatic carbocycles. The summed E-state index contributed by atoms with van der Waals surface area (Å²) in [6.07, 6.45) is 3.59. The number of benzene rings is 1. The zero-order valence-corrected chi connectivity index (χ0v) is 12.1. The largest absolute Gasteiger partial charge is 0.398 e. The summed E-state index contributed by atoms with van der Waals surface area (Å²) in [5.41, 5.74) is 6.31. The first-order valence-electron chi connectivity index (χ1n) is 5.42. The number of nitrogens with two attached hydrogens (primary N) is 1. The molecule has 0 aliphatic heterocycles. The normalized spacial score (nSPS) is 11.7. The summed E-state index contributed by atoms with van der Waals surface area (Å²) in [5, 5.41) is 4.06. The van der Waals surface area contributed by atoms with E-state index in [2.05, 4.69) is 9.82 Å². The highest BCUT2D eigenvalue weighted by Crippen LogP contribution is 2.32. The van der Waals surface area contributed by atoms with Gasteiger partial charge in [-0.25, -0.2) is 13.1 Å². The van der Waals surface area contributed by atoms with Gasteiger partial charge in [-0.3, -0.25) is 4.68 Å². The molecule has 0 fully saturated rings. The van der Waals surface area contributed by atoms with Crippen molar-refractivity contribution < 1.29 is 8.42 Å². The second-order valence-corrected chi connectivity index (χ2v) is 6.86. The fraction of sp³-hybridized carbons (Fsp3) is 0.182. The van der Waals surface area contributed by atoms with Gasteiger partial charge in [-0.1, -0.05) is 11.8 Å². The number of hydrogen-bond donors (Lipinski definition) is 2. The lowest BCUT2D eigenvalue weighted by Crippen LogP contribution is -2.18. The van der Waals surface area contributed by atoms with Crippen molar-refractivity contribution in [2.24, 2.45) is 7.05 Å². The summed E-state index contributed by atoms with van der Waals surface area (Å²) in [6.45, 7) is 0. The molecule has 0 bridgehead atoms. The first kappa shape index (κ1) is 13.9. The molecule has 2 rings (SSSR count). The minimum absolute atomic E-state index is 0.156. The number of nitrogen functional groups attached to an aromatic ring is 1. The van der Waals surface area contributed by atoms with E-state index in [-0.39, 0.29) is 4.90 Å². The third-order valence-electron chi connectivity index (χ3n) is 2.47. The van der Waals surface area contributed by atoms with Crippen LogP contribution in [0.25, 0.3) is 0 Å². The average molecular weight is 298 g/mol.